The highest BCUT2D eigenvalue weighted by Crippen LogP contribution is 2.34. The molecule has 1 aliphatic heterocycles. The van der Waals surface area contributed by atoms with Gasteiger partial charge in [-0.3, -0.25) is 14.7 Å². The number of hydrogen-bond donors (Lipinski definition) is 0. The van der Waals surface area contributed by atoms with Crippen molar-refractivity contribution in [2.75, 3.05) is 0 Å². The Balaban J connectivity index is 1.79. The zero-order valence-corrected chi connectivity index (χ0v) is 17.9. The third-order valence-electron chi connectivity index (χ3n) is 4.23. The standard InChI is InChI=1S/C23H25FN2O2S/c1-15(2)25-23-26(16(3)4)22(27)21(29-23)13-17-8-7-10-19(12-17)28-14-18-9-5-6-11-20(18)24/h5-13,15-16H,14H2,1-4H3/b21-13+,25-23?. The largest absolute Gasteiger partial charge is 0.489 e. The van der Waals surface area contributed by atoms with Crippen molar-refractivity contribution >= 4 is 28.9 Å². The topological polar surface area (TPSA) is 41.9 Å². The molecule has 0 unspecified atom stereocenters. The fraction of sp³-hybridized carbons (Fsp3) is 0.304. The van der Waals surface area contributed by atoms with Gasteiger partial charge >= 0.3 is 0 Å². The predicted molar refractivity (Wildman–Crippen MR) is 117 cm³/mol. The van der Waals surface area contributed by atoms with Gasteiger partial charge in [-0.1, -0.05) is 30.3 Å². The van der Waals surface area contributed by atoms with Crippen molar-refractivity contribution in [2.24, 2.45) is 4.99 Å². The van der Waals surface area contributed by atoms with E-state index in [0.29, 0.717) is 16.2 Å². The van der Waals surface area contributed by atoms with Gasteiger partial charge in [-0.2, -0.15) is 0 Å². The molecule has 1 saturated heterocycles. The molecule has 0 aromatic heterocycles. The molecule has 0 aliphatic carbocycles. The number of benzene rings is 2. The maximum Gasteiger partial charge on any atom is 0.266 e. The van der Waals surface area contributed by atoms with Crippen molar-refractivity contribution in [3.05, 3.63) is 70.4 Å². The van der Waals surface area contributed by atoms with Crippen LogP contribution in [0.25, 0.3) is 6.08 Å². The van der Waals surface area contributed by atoms with Crippen LogP contribution in [0, 0.1) is 5.82 Å². The van der Waals surface area contributed by atoms with E-state index in [-0.39, 0.29) is 30.4 Å². The number of halogens is 1. The van der Waals surface area contributed by atoms with E-state index >= 15 is 0 Å². The maximum atomic E-state index is 13.8. The first kappa shape index (κ1) is 21.1. The summed E-state index contributed by atoms with van der Waals surface area (Å²) >= 11 is 1.39. The summed E-state index contributed by atoms with van der Waals surface area (Å²) in [5.74, 6) is 0.293. The van der Waals surface area contributed by atoms with Crippen LogP contribution >= 0.6 is 11.8 Å². The van der Waals surface area contributed by atoms with Gasteiger partial charge in [-0.25, -0.2) is 4.39 Å². The summed E-state index contributed by atoms with van der Waals surface area (Å²) in [7, 11) is 0. The van der Waals surface area contributed by atoms with Gasteiger partial charge < -0.3 is 4.74 Å². The van der Waals surface area contributed by atoms with Crippen LogP contribution in [0.1, 0.15) is 38.8 Å². The van der Waals surface area contributed by atoms with Crippen LogP contribution in [0.3, 0.4) is 0 Å². The van der Waals surface area contributed by atoms with Gasteiger partial charge in [0.2, 0.25) is 0 Å². The van der Waals surface area contributed by atoms with Crippen molar-refractivity contribution in [1.82, 2.24) is 4.90 Å². The maximum absolute atomic E-state index is 13.8. The zero-order valence-electron chi connectivity index (χ0n) is 17.1. The molecule has 2 aromatic rings. The van der Waals surface area contributed by atoms with Crippen LogP contribution in [0.5, 0.6) is 5.75 Å². The van der Waals surface area contributed by atoms with Gasteiger partial charge in [0.05, 0.1) is 4.91 Å². The number of rotatable bonds is 6. The van der Waals surface area contributed by atoms with E-state index in [1.54, 1.807) is 23.1 Å². The average Bonchev–Trinajstić information content (AvgIpc) is 2.96. The van der Waals surface area contributed by atoms with Gasteiger partial charge in [0, 0.05) is 17.6 Å². The van der Waals surface area contributed by atoms with E-state index < -0.39 is 0 Å². The molecule has 6 heteroatoms. The first-order valence-electron chi connectivity index (χ1n) is 9.62. The van der Waals surface area contributed by atoms with Crippen molar-refractivity contribution in [3.63, 3.8) is 0 Å². The minimum absolute atomic E-state index is 0.0360. The normalized spacial score (nSPS) is 17.2. The molecule has 0 N–H and O–H groups in total. The lowest BCUT2D eigenvalue weighted by atomic mass is 10.2. The summed E-state index contributed by atoms with van der Waals surface area (Å²) in [6.45, 7) is 8.10. The van der Waals surface area contributed by atoms with Crippen LogP contribution in [0.4, 0.5) is 4.39 Å². The Morgan fingerprint density at radius 3 is 2.59 bits per heavy atom. The van der Waals surface area contributed by atoms with Crippen molar-refractivity contribution < 1.29 is 13.9 Å². The lowest BCUT2D eigenvalue weighted by Gasteiger charge is -2.20. The van der Waals surface area contributed by atoms with Gasteiger partial charge in [-0.15, -0.1) is 0 Å². The summed E-state index contributed by atoms with van der Waals surface area (Å²) in [4.78, 5) is 19.8. The SMILES string of the molecule is CC(C)N=C1S/C(=C/c2cccc(OCc3ccccc3F)c2)C(=O)N1C(C)C. The molecule has 1 heterocycles. The second-order valence-corrected chi connectivity index (χ2v) is 8.35. The Hall–Kier alpha value is -2.60. The van der Waals surface area contributed by atoms with Crippen LogP contribution in [-0.4, -0.2) is 28.1 Å². The second-order valence-electron chi connectivity index (χ2n) is 7.34. The lowest BCUT2D eigenvalue weighted by Crippen LogP contribution is -2.35. The molecule has 0 spiro atoms. The first-order chi connectivity index (χ1) is 13.8. The highest BCUT2D eigenvalue weighted by molar-refractivity contribution is 8.18. The quantitative estimate of drug-likeness (QED) is 0.589. The molecule has 1 fully saturated rings. The Morgan fingerprint density at radius 2 is 1.90 bits per heavy atom. The highest BCUT2D eigenvalue weighted by Gasteiger charge is 2.35. The Labute approximate surface area is 175 Å². The smallest absolute Gasteiger partial charge is 0.266 e. The van der Waals surface area contributed by atoms with Crippen molar-refractivity contribution in [2.45, 2.75) is 46.4 Å². The summed E-state index contributed by atoms with van der Waals surface area (Å²) in [5, 5.41) is 0.734. The molecule has 152 valence electrons. The first-order valence-corrected chi connectivity index (χ1v) is 10.4. The molecule has 2 aromatic carbocycles. The number of hydrogen-bond acceptors (Lipinski definition) is 4. The average molecular weight is 413 g/mol. The Bertz CT molecular complexity index is 953. The molecule has 3 rings (SSSR count). The lowest BCUT2D eigenvalue weighted by molar-refractivity contribution is -0.123. The number of amides is 1. The van der Waals surface area contributed by atoms with E-state index in [2.05, 4.69) is 4.99 Å². The molecule has 29 heavy (non-hydrogen) atoms. The fourth-order valence-electron chi connectivity index (χ4n) is 2.87. The van der Waals surface area contributed by atoms with Crippen LogP contribution in [0.15, 0.2) is 58.4 Å². The van der Waals surface area contributed by atoms with Crippen LogP contribution < -0.4 is 4.74 Å². The molecular formula is C23H25FN2O2S. The number of amidine groups is 1. The number of aliphatic imine (C=N–C) groups is 1. The molecule has 1 amide bonds. The number of nitrogens with zero attached hydrogens (tertiary/aromatic N) is 2. The van der Waals surface area contributed by atoms with E-state index in [9.17, 15) is 9.18 Å². The summed E-state index contributed by atoms with van der Waals surface area (Å²) < 4.78 is 19.5. The van der Waals surface area contributed by atoms with Gasteiger partial charge in [0.25, 0.3) is 5.91 Å². The third kappa shape index (κ3) is 5.26. The van der Waals surface area contributed by atoms with Gasteiger partial charge in [0.1, 0.15) is 18.2 Å². The van der Waals surface area contributed by atoms with Crippen LogP contribution in [-0.2, 0) is 11.4 Å². The number of carbonyl (C=O) groups is 1. The van der Waals surface area contributed by atoms with E-state index in [4.69, 9.17) is 4.74 Å². The second kappa shape index (κ2) is 9.27. The zero-order chi connectivity index (χ0) is 21.0. The Kier molecular flexibility index (Phi) is 6.75. The summed E-state index contributed by atoms with van der Waals surface area (Å²) in [6.07, 6.45) is 1.85. The van der Waals surface area contributed by atoms with E-state index in [1.165, 1.54) is 17.8 Å². The third-order valence-corrected chi connectivity index (χ3v) is 5.23. The van der Waals surface area contributed by atoms with Crippen molar-refractivity contribution in [1.29, 1.82) is 0 Å². The number of ether oxygens (including phenoxy) is 1. The molecule has 4 nitrogen and oxygen atoms in total. The molecule has 0 saturated carbocycles. The van der Waals surface area contributed by atoms with Gasteiger partial charge in [-0.05, 0) is 69.3 Å². The monoisotopic (exact) mass is 412 g/mol. The predicted octanol–water partition coefficient (Wildman–Crippen LogP) is 5.49. The molecule has 0 bridgehead atoms. The molecule has 1 aliphatic rings. The molecule has 0 atom stereocenters. The van der Waals surface area contributed by atoms with Crippen LogP contribution in [0.2, 0.25) is 0 Å². The summed E-state index contributed by atoms with van der Waals surface area (Å²) in [5.41, 5.74) is 1.35. The Morgan fingerprint density at radius 1 is 1.14 bits per heavy atom. The van der Waals surface area contributed by atoms with Gasteiger partial charge in [0.15, 0.2) is 5.17 Å². The molecular weight excluding hydrogens is 387 g/mol. The number of carbonyl (C=O) groups excluding carboxylic acids is 1. The fourth-order valence-corrected chi connectivity index (χ4v) is 4.11. The minimum atomic E-state index is -0.288. The van der Waals surface area contributed by atoms with Crippen molar-refractivity contribution in [3.8, 4) is 5.75 Å². The minimum Gasteiger partial charge on any atom is -0.489 e. The van der Waals surface area contributed by atoms with E-state index in [1.807, 2.05) is 58.0 Å². The highest BCUT2D eigenvalue weighted by atomic mass is 32.2. The summed E-state index contributed by atoms with van der Waals surface area (Å²) in [6, 6.07) is 14.1. The number of thioether (sulfide) groups is 1. The molecule has 0 radical (unpaired) electrons. The van der Waals surface area contributed by atoms with E-state index in [0.717, 1.165) is 10.7 Å².